The van der Waals surface area contributed by atoms with Crippen LogP contribution in [-0.4, -0.2) is 42.7 Å². The number of carbonyl (C=O) groups is 1. The smallest absolute Gasteiger partial charge is 0.243 e. The normalized spacial score (nSPS) is 15.5. The van der Waals surface area contributed by atoms with Crippen molar-refractivity contribution in [3.8, 4) is 0 Å². The fourth-order valence-electron chi connectivity index (χ4n) is 3.52. The van der Waals surface area contributed by atoms with E-state index < -0.39 is 10.0 Å². The van der Waals surface area contributed by atoms with Gasteiger partial charge in [0.2, 0.25) is 15.9 Å². The molecule has 0 saturated carbocycles. The molecule has 0 atom stereocenters. The third-order valence-corrected chi connectivity index (χ3v) is 6.85. The number of aromatic nitrogens is 1. The minimum Gasteiger partial charge on any atom is -0.308 e. The molecule has 1 aromatic carbocycles. The van der Waals surface area contributed by atoms with Crippen molar-refractivity contribution >= 4 is 21.6 Å². The first-order valence-corrected chi connectivity index (χ1v) is 11.1. The minimum absolute atomic E-state index is 0.00421. The summed E-state index contributed by atoms with van der Waals surface area (Å²) in [5.74, 6) is -0.0466. The molecule has 150 valence electrons. The predicted octanol–water partition coefficient (Wildman–Crippen LogP) is 3.24. The van der Waals surface area contributed by atoms with Crippen LogP contribution in [0.5, 0.6) is 0 Å². The Balaban J connectivity index is 1.73. The summed E-state index contributed by atoms with van der Waals surface area (Å²) in [4.78, 5) is 19.0. The summed E-state index contributed by atoms with van der Waals surface area (Å²) in [6.07, 6.45) is 6.45. The number of hydrogen-bond donors (Lipinski definition) is 0. The molecule has 2 aromatic rings. The largest absolute Gasteiger partial charge is 0.308 e. The van der Waals surface area contributed by atoms with Gasteiger partial charge in [0.25, 0.3) is 0 Å². The molecule has 1 aromatic heterocycles. The fraction of sp³-hybridized carbons (Fsp3) is 0.429. The van der Waals surface area contributed by atoms with Gasteiger partial charge in [0.15, 0.2) is 0 Å². The minimum atomic E-state index is -3.45. The average Bonchev–Trinajstić information content (AvgIpc) is 2.70. The van der Waals surface area contributed by atoms with E-state index in [9.17, 15) is 13.2 Å². The molecule has 28 heavy (non-hydrogen) atoms. The van der Waals surface area contributed by atoms with E-state index in [1.807, 2.05) is 19.9 Å². The highest BCUT2D eigenvalue weighted by molar-refractivity contribution is 7.89. The molecule has 2 heterocycles. The Morgan fingerprint density at radius 2 is 1.79 bits per heavy atom. The molecule has 0 N–H and O–H groups in total. The van der Waals surface area contributed by atoms with Gasteiger partial charge in [0.1, 0.15) is 0 Å². The van der Waals surface area contributed by atoms with E-state index in [0.29, 0.717) is 18.0 Å². The first-order chi connectivity index (χ1) is 13.4. The Bertz CT molecular complexity index is 890. The Kier molecular flexibility index (Phi) is 6.46. The van der Waals surface area contributed by atoms with Gasteiger partial charge in [-0.05, 0) is 56.5 Å². The molecule has 6 nitrogen and oxygen atoms in total. The molecule has 1 fully saturated rings. The van der Waals surface area contributed by atoms with Crippen LogP contribution in [0, 0.1) is 0 Å². The second-order valence-electron chi connectivity index (χ2n) is 7.35. The summed E-state index contributed by atoms with van der Waals surface area (Å²) in [6.45, 7) is 5.08. The topological polar surface area (TPSA) is 70.6 Å². The molecule has 0 aliphatic carbocycles. The molecule has 1 amide bonds. The number of amides is 1. The molecule has 7 heteroatoms. The average molecular weight is 402 g/mol. The van der Waals surface area contributed by atoms with Crippen molar-refractivity contribution in [1.82, 2.24) is 9.29 Å². The van der Waals surface area contributed by atoms with Gasteiger partial charge in [0.05, 0.1) is 23.2 Å². The fourth-order valence-corrected chi connectivity index (χ4v) is 5.04. The maximum atomic E-state index is 12.9. The zero-order chi connectivity index (χ0) is 20.1. The van der Waals surface area contributed by atoms with Crippen LogP contribution in [0.2, 0.25) is 0 Å². The molecular formula is C21H27N3O3S. The molecule has 1 saturated heterocycles. The van der Waals surface area contributed by atoms with E-state index in [1.165, 1.54) is 0 Å². The van der Waals surface area contributed by atoms with Crippen molar-refractivity contribution in [2.75, 3.05) is 18.0 Å². The highest BCUT2D eigenvalue weighted by Crippen LogP contribution is 2.22. The quantitative estimate of drug-likeness (QED) is 0.745. The SMILES string of the molecule is CC(C)N(C(=O)Cc1ccc(S(=O)(=O)N2CCCCC2)cc1)c1cccnc1. The summed E-state index contributed by atoms with van der Waals surface area (Å²) in [5, 5.41) is 0. The first-order valence-electron chi connectivity index (χ1n) is 9.71. The number of nitrogens with zero attached hydrogens (tertiary/aromatic N) is 3. The maximum absolute atomic E-state index is 12.9. The third-order valence-electron chi connectivity index (χ3n) is 4.94. The standard InChI is InChI=1S/C21H27N3O3S/c1-17(2)24(19-7-6-12-22-16-19)21(25)15-18-8-10-20(11-9-18)28(26,27)23-13-4-3-5-14-23/h6-12,16-17H,3-5,13-15H2,1-2H3. The van der Waals surface area contributed by atoms with Crippen LogP contribution in [-0.2, 0) is 21.2 Å². The highest BCUT2D eigenvalue weighted by atomic mass is 32.2. The van der Waals surface area contributed by atoms with E-state index in [-0.39, 0.29) is 18.4 Å². The number of rotatable bonds is 6. The number of benzene rings is 1. The molecule has 3 rings (SSSR count). The van der Waals surface area contributed by atoms with Gasteiger partial charge in [-0.2, -0.15) is 4.31 Å². The number of piperidine rings is 1. The molecule has 1 aliphatic rings. The van der Waals surface area contributed by atoms with E-state index in [4.69, 9.17) is 0 Å². The zero-order valence-corrected chi connectivity index (χ0v) is 17.2. The summed E-state index contributed by atoms with van der Waals surface area (Å²) in [7, 11) is -3.45. The summed E-state index contributed by atoms with van der Waals surface area (Å²) in [6, 6.07) is 10.3. The summed E-state index contributed by atoms with van der Waals surface area (Å²) >= 11 is 0. The number of anilines is 1. The van der Waals surface area contributed by atoms with E-state index in [0.717, 1.165) is 30.5 Å². The lowest BCUT2D eigenvalue weighted by Crippen LogP contribution is -2.38. The van der Waals surface area contributed by atoms with Crippen LogP contribution in [0.4, 0.5) is 5.69 Å². The maximum Gasteiger partial charge on any atom is 0.243 e. The van der Waals surface area contributed by atoms with Gasteiger partial charge < -0.3 is 4.90 Å². The van der Waals surface area contributed by atoms with Gasteiger partial charge >= 0.3 is 0 Å². The predicted molar refractivity (Wildman–Crippen MR) is 110 cm³/mol. The lowest BCUT2D eigenvalue weighted by molar-refractivity contribution is -0.118. The lowest BCUT2D eigenvalue weighted by atomic mass is 10.1. The Hall–Kier alpha value is -2.25. The van der Waals surface area contributed by atoms with Crippen LogP contribution >= 0.6 is 0 Å². The van der Waals surface area contributed by atoms with Crippen molar-refractivity contribution in [2.45, 2.75) is 50.5 Å². The first kappa shape index (κ1) is 20.5. The van der Waals surface area contributed by atoms with Crippen molar-refractivity contribution in [3.05, 3.63) is 54.4 Å². The van der Waals surface area contributed by atoms with Gasteiger partial charge in [0, 0.05) is 25.3 Å². The van der Waals surface area contributed by atoms with Crippen molar-refractivity contribution in [2.24, 2.45) is 0 Å². The molecule has 0 spiro atoms. The second kappa shape index (κ2) is 8.84. The number of pyridine rings is 1. The van der Waals surface area contributed by atoms with Crippen LogP contribution in [0.1, 0.15) is 38.7 Å². The lowest BCUT2D eigenvalue weighted by Gasteiger charge is -2.27. The van der Waals surface area contributed by atoms with E-state index >= 15 is 0 Å². The highest BCUT2D eigenvalue weighted by Gasteiger charge is 2.26. The Morgan fingerprint density at radius 1 is 1.11 bits per heavy atom. The summed E-state index contributed by atoms with van der Waals surface area (Å²) in [5.41, 5.74) is 1.55. The third kappa shape index (κ3) is 4.59. The molecule has 0 bridgehead atoms. The van der Waals surface area contributed by atoms with Gasteiger partial charge in [-0.3, -0.25) is 9.78 Å². The Morgan fingerprint density at radius 3 is 2.36 bits per heavy atom. The molecular weight excluding hydrogens is 374 g/mol. The molecule has 0 unspecified atom stereocenters. The number of carbonyl (C=O) groups excluding carboxylic acids is 1. The van der Waals surface area contributed by atoms with Crippen LogP contribution in [0.25, 0.3) is 0 Å². The van der Waals surface area contributed by atoms with Crippen LogP contribution in [0.3, 0.4) is 0 Å². The summed E-state index contributed by atoms with van der Waals surface area (Å²) < 4.78 is 27.0. The number of sulfonamides is 1. The van der Waals surface area contributed by atoms with E-state index in [1.54, 1.807) is 51.9 Å². The van der Waals surface area contributed by atoms with Gasteiger partial charge in [-0.25, -0.2) is 8.42 Å². The van der Waals surface area contributed by atoms with Crippen LogP contribution < -0.4 is 4.90 Å². The van der Waals surface area contributed by atoms with Crippen molar-refractivity contribution in [3.63, 3.8) is 0 Å². The number of hydrogen-bond acceptors (Lipinski definition) is 4. The second-order valence-corrected chi connectivity index (χ2v) is 9.29. The van der Waals surface area contributed by atoms with Crippen molar-refractivity contribution in [1.29, 1.82) is 0 Å². The molecule has 1 aliphatic heterocycles. The monoisotopic (exact) mass is 401 g/mol. The Labute approximate surface area is 167 Å². The van der Waals surface area contributed by atoms with Crippen LogP contribution in [0.15, 0.2) is 53.7 Å². The van der Waals surface area contributed by atoms with Crippen molar-refractivity contribution < 1.29 is 13.2 Å². The van der Waals surface area contributed by atoms with Gasteiger partial charge in [-0.1, -0.05) is 18.6 Å². The van der Waals surface area contributed by atoms with Gasteiger partial charge in [-0.15, -0.1) is 0 Å². The molecule has 0 radical (unpaired) electrons. The zero-order valence-electron chi connectivity index (χ0n) is 16.4. The van der Waals surface area contributed by atoms with E-state index in [2.05, 4.69) is 4.98 Å².